The Morgan fingerprint density at radius 1 is 1.28 bits per heavy atom. The van der Waals surface area contributed by atoms with Crippen molar-refractivity contribution in [3.8, 4) is 0 Å². The van der Waals surface area contributed by atoms with Gasteiger partial charge in [0.1, 0.15) is 5.82 Å². The number of aryl methyl sites for hydroxylation is 1. The minimum absolute atomic E-state index is 0.0335. The van der Waals surface area contributed by atoms with Gasteiger partial charge in [0.2, 0.25) is 5.91 Å². The Bertz CT molecular complexity index is 908. The number of carbonyl (C=O) groups excluding carboxylic acids is 1. The maximum Gasteiger partial charge on any atom is 0.332 e. The summed E-state index contributed by atoms with van der Waals surface area (Å²) >= 11 is 3.38. The van der Waals surface area contributed by atoms with Gasteiger partial charge in [0.25, 0.3) is 0 Å². The van der Waals surface area contributed by atoms with E-state index in [2.05, 4.69) is 15.9 Å². The van der Waals surface area contributed by atoms with E-state index in [1.807, 2.05) is 0 Å². The summed E-state index contributed by atoms with van der Waals surface area (Å²) in [5.41, 5.74) is 2.44. The van der Waals surface area contributed by atoms with E-state index in [1.165, 1.54) is 17.0 Å². The molecule has 0 atom stereocenters. The molecule has 0 saturated carbocycles. The van der Waals surface area contributed by atoms with Crippen molar-refractivity contribution in [1.29, 1.82) is 0 Å². The highest BCUT2D eigenvalue weighted by Gasteiger charge is 2.26. The number of carbonyl (C=O) groups is 2. The number of amides is 1. The smallest absolute Gasteiger partial charge is 0.332 e. The number of hydrogen-bond acceptors (Lipinski definition) is 2. The number of carboxylic acid groups (broad SMARTS) is 1. The van der Waals surface area contributed by atoms with Crippen LogP contribution in [0.3, 0.4) is 0 Å². The molecule has 3 rings (SSSR count). The van der Waals surface area contributed by atoms with Crippen molar-refractivity contribution < 1.29 is 19.1 Å². The zero-order valence-corrected chi connectivity index (χ0v) is 15.0. The Balaban J connectivity index is 2.05. The molecule has 1 amide bonds. The minimum atomic E-state index is -1.12. The number of hydrogen-bond donors (Lipinski definition) is 1. The largest absolute Gasteiger partial charge is 0.478 e. The van der Waals surface area contributed by atoms with E-state index in [4.69, 9.17) is 0 Å². The van der Waals surface area contributed by atoms with Crippen molar-refractivity contribution in [2.75, 3.05) is 4.90 Å². The molecular weight excluding hydrogens is 389 g/mol. The molecule has 1 heterocycles. The predicted octanol–water partition coefficient (Wildman–Crippen LogP) is 4.30. The van der Waals surface area contributed by atoms with Crippen molar-refractivity contribution in [2.24, 2.45) is 0 Å². The number of rotatable bonds is 3. The predicted molar refractivity (Wildman–Crippen MR) is 96.7 cm³/mol. The SMILES string of the molecule is Cc1ccc(CN2C(=O)CC(C(=O)O)=Cc3ccc(Br)cc32)cc1F. The highest BCUT2D eigenvalue weighted by Crippen LogP contribution is 2.32. The van der Waals surface area contributed by atoms with Crippen LogP contribution in [0, 0.1) is 12.7 Å². The monoisotopic (exact) mass is 403 g/mol. The Hall–Kier alpha value is -2.47. The van der Waals surface area contributed by atoms with Crippen molar-refractivity contribution in [2.45, 2.75) is 19.9 Å². The first-order valence-electron chi connectivity index (χ1n) is 7.64. The van der Waals surface area contributed by atoms with Crippen LogP contribution in [0.25, 0.3) is 6.08 Å². The van der Waals surface area contributed by atoms with Gasteiger partial charge in [0, 0.05) is 10.0 Å². The molecule has 1 aliphatic heterocycles. The summed E-state index contributed by atoms with van der Waals surface area (Å²) in [6.07, 6.45) is 1.30. The second-order valence-electron chi connectivity index (χ2n) is 5.92. The molecule has 1 N–H and O–H groups in total. The lowest BCUT2D eigenvalue weighted by atomic mass is 10.1. The Morgan fingerprint density at radius 3 is 2.72 bits per heavy atom. The second-order valence-corrected chi connectivity index (χ2v) is 6.83. The number of benzene rings is 2. The first-order chi connectivity index (χ1) is 11.8. The minimum Gasteiger partial charge on any atom is -0.478 e. The standard InChI is InChI=1S/C19H15BrFNO3/c1-11-2-3-12(6-16(11)21)10-22-17-9-15(20)5-4-13(17)7-14(19(24)25)8-18(22)23/h2-7,9H,8,10H2,1H3,(H,24,25). The van der Waals surface area contributed by atoms with Crippen LogP contribution < -0.4 is 4.90 Å². The topological polar surface area (TPSA) is 57.6 Å². The normalized spacial score (nSPS) is 14.0. The maximum atomic E-state index is 13.8. The third-order valence-electron chi connectivity index (χ3n) is 4.11. The fourth-order valence-corrected chi connectivity index (χ4v) is 3.08. The molecule has 0 unspecified atom stereocenters. The van der Waals surface area contributed by atoms with Crippen molar-refractivity contribution in [1.82, 2.24) is 0 Å². The van der Waals surface area contributed by atoms with Crippen LogP contribution in [0.5, 0.6) is 0 Å². The van der Waals surface area contributed by atoms with Gasteiger partial charge in [-0.2, -0.15) is 0 Å². The molecule has 0 aromatic heterocycles. The molecule has 0 aliphatic carbocycles. The molecule has 4 nitrogen and oxygen atoms in total. The highest BCUT2D eigenvalue weighted by atomic mass is 79.9. The van der Waals surface area contributed by atoms with E-state index in [-0.39, 0.29) is 30.3 Å². The molecule has 6 heteroatoms. The van der Waals surface area contributed by atoms with Gasteiger partial charge in [0.05, 0.1) is 18.7 Å². The van der Waals surface area contributed by atoms with Crippen LogP contribution in [0.15, 0.2) is 46.4 Å². The van der Waals surface area contributed by atoms with Crippen LogP contribution in [-0.4, -0.2) is 17.0 Å². The summed E-state index contributed by atoms with van der Waals surface area (Å²) in [6.45, 7) is 1.84. The van der Waals surface area contributed by atoms with Gasteiger partial charge in [-0.25, -0.2) is 9.18 Å². The lowest BCUT2D eigenvalue weighted by Crippen LogP contribution is -2.30. The van der Waals surface area contributed by atoms with E-state index in [0.29, 0.717) is 22.4 Å². The van der Waals surface area contributed by atoms with Crippen LogP contribution >= 0.6 is 15.9 Å². The summed E-state index contributed by atoms with van der Waals surface area (Å²) in [6, 6.07) is 10.1. The first-order valence-corrected chi connectivity index (χ1v) is 8.43. The zero-order valence-electron chi connectivity index (χ0n) is 13.4. The van der Waals surface area contributed by atoms with Crippen LogP contribution in [0.2, 0.25) is 0 Å². The molecule has 25 heavy (non-hydrogen) atoms. The quantitative estimate of drug-likeness (QED) is 0.830. The molecule has 0 fully saturated rings. The van der Waals surface area contributed by atoms with Crippen molar-refractivity contribution >= 4 is 39.6 Å². The van der Waals surface area contributed by atoms with E-state index >= 15 is 0 Å². The van der Waals surface area contributed by atoms with Gasteiger partial charge in [0.15, 0.2) is 0 Å². The summed E-state index contributed by atoms with van der Waals surface area (Å²) in [5.74, 6) is -1.80. The second kappa shape index (κ2) is 6.80. The average Bonchev–Trinajstić information content (AvgIpc) is 2.68. The third kappa shape index (κ3) is 3.64. The molecule has 1 aliphatic rings. The van der Waals surface area contributed by atoms with Crippen molar-refractivity contribution in [3.05, 3.63) is 69.0 Å². The molecule has 0 bridgehead atoms. The number of fused-ring (bicyclic) bond motifs is 1. The zero-order chi connectivity index (χ0) is 18.1. The van der Waals surface area contributed by atoms with E-state index in [9.17, 15) is 19.1 Å². The van der Waals surface area contributed by atoms with Crippen molar-refractivity contribution in [3.63, 3.8) is 0 Å². The van der Waals surface area contributed by atoms with Gasteiger partial charge in [-0.15, -0.1) is 0 Å². The molecule has 0 spiro atoms. The fraction of sp³-hybridized carbons (Fsp3) is 0.158. The molecule has 2 aromatic rings. The molecule has 128 valence electrons. The summed E-state index contributed by atoms with van der Waals surface area (Å²) < 4.78 is 14.6. The maximum absolute atomic E-state index is 13.8. The van der Waals surface area contributed by atoms with Gasteiger partial charge in [-0.05, 0) is 47.9 Å². The third-order valence-corrected chi connectivity index (χ3v) is 4.60. The fourth-order valence-electron chi connectivity index (χ4n) is 2.73. The molecule has 0 saturated heterocycles. The number of nitrogens with zero attached hydrogens (tertiary/aromatic N) is 1. The molecule has 2 aromatic carbocycles. The van der Waals surface area contributed by atoms with Gasteiger partial charge in [-0.3, -0.25) is 4.79 Å². The number of aliphatic carboxylic acids is 1. The van der Waals surface area contributed by atoms with Crippen LogP contribution in [0.4, 0.5) is 10.1 Å². The average molecular weight is 404 g/mol. The first kappa shape index (κ1) is 17.4. The molecule has 0 radical (unpaired) electrons. The Kier molecular flexibility index (Phi) is 4.72. The molecular formula is C19H15BrFNO3. The number of halogens is 2. The lowest BCUT2D eigenvalue weighted by molar-refractivity contribution is -0.133. The van der Waals surface area contributed by atoms with Crippen LogP contribution in [-0.2, 0) is 16.1 Å². The van der Waals surface area contributed by atoms with E-state index < -0.39 is 5.97 Å². The number of carboxylic acids is 1. The van der Waals surface area contributed by atoms with Crippen LogP contribution in [0.1, 0.15) is 23.1 Å². The van der Waals surface area contributed by atoms with Gasteiger partial charge < -0.3 is 10.0 Å². The van der Waals surface area contributed by atoms with E-state index in [0.717, 1.165) is 4.47 Å². The highest BCUT2D eigenvalue weighted by molar-refractivity contribution is 9.10. The van der Waals surface area contributed by atoms with Gasteiger partial charge >= 0.3 is 5.97 Å². The number of anilines is 1. The Labute approximate surface area is 152 Å². The summed E-state index contributed by atoms with van der Waals surface area (Å²) in [7, 11) is 0. The van der Waals surface area contributed by atoms with E-state index in [1.54, 1.807) is 37.3 Å². The Morgan fingerprint density at radius 2 is 2.04 bits per heavy atom. The lowest BCUT2D eigenvalue weighted by Gasteiger charge is -2.23. The summed E-state index contributed by atoms with van der Waals surface area (Å²) in [4.78, 5) is 25.5. The summed E-state index contributed by atoms with van der Waals surface area (Å²) in [5, 5.41) is 9.31. The van der Waals surface area contributed by atoms with Gasteiger partial charge in [-0.1, -0.05) is 34.1 Å².